The summed E-state index contributed by atoms with van der Waals surface area (Å²) in [6, 6.07) is 15.2. The SMILES string of the molecule is Cc1ccc(CNC(=O)CNC(=O)c2ccccc2C)cc1. The fraction of sp³-hybridized carbons (Fsp3) is 0.222. The van der Waals surface area contributed by atoms with Crippen molar-refractivity contribution in [2.45, 2.75) is 20.4 Å². The Morgan fingerprint density at radius 1 is 0.909 bits per heavy atom. The van der Waals surface area contributed by atoms with Gasteiger partial charge in [0, 0.05) is 12.1 Å². The molecule has 0 unspecified atom stereocenters. The minimum absolute atomic E-state index is 0.0287. The van der Waals surface area contributed by atoms with Crippen LogP contribution < -0.4 is 10.6 Å². The van der Waals surface area contributed by atoms with Gasteiger partial charge in [-0.15, -0.1) is 0 Å². The van der Waals surface area contributed by atoms with Crippen LogP contribution in [0.4, 0.5) is 0 Å². The monoisotopic (exact) mass is 296 g/mol. The van der Waals surface area contributed by atoms with E-state index in [2.05, 4.69) is 10.6 Å². The molecule has 22 heavy (non-hydrogen) atoms. The number of amides is 2. The maximum atomic E-state index is 12.0. The van der Waals surface area contributed by atoms with E-state index in [4.69, 9.17) is 0 Å². The van der Waals surface area contributed by atoms with Crippen molar-refractivity contribution in [2.75, 3.05) is 6.54 Å². The first-order valence-electron chi connectivity index (χ1n) is 7.22. The number of rotatable bonds is 5. The quantitative estimate of drug-likeness (QED) is 0.890. The maximum Gasteiger partial charge on any atom is 0.251 e. The predicted octanol–water partition coefficient (Wildman–Crippen LogP) is 2.35. The van der Waals surface area contributed by atoms with Gasteiger partial charge >= 0.3 is 0 Å². The lowest BCUT2D eigenvalue weighted by Crippen LogP contribution is -2.36. The van der Waals surface area contributed by atoms with Crippen LogP contribution in [-0.2, 0) is 11.3 Å². The largest absolute Gasteiger partial charge is 0.350 e. The van der Waals surface area contributed by atoms with Gasteiger partial charge < -0.3 is 10.6 Å². The summed E-state index contributed by atoms with van der Waals surface area (Å²) >= 11 is 0. The highest BCUT2D eigenvalue weighted by Crippen LogP contribution is 2.06. The third-order valence-corrected chi connectivity index (χ3v) is 3.41. The zero-order valence-corrected chi connectivity index (χ0v) is 12.8. The van der Waals surface area contributed by atoms with Crippen LogP contribution in [0.15, 0.2) is 48.5 Å². The van der Waals surface area contributed by atoms with Crippen LogP contribution in [0.25, 0.3) is 0 Å². The minimum Gasteiger partial charge on any atom is -0.350 e. The summed E-state index contributed by atoms with van der Waals surface area (Å²) in [5, 5.41) is 5.42. The Balaban J connectivity index is 1.79. The zero-order chi connectivity index (χ0) is 15.9. The van der Waals surface area contributed by atoms with E-state index in [1.807, 2.05) is 50.2 Å². The molecule has 0 aliphatic carbocycles. The summed E-state index contributed by atoms with van der Waals surface area (Å²) in [6.07, 6.45) is 0. The van der Waals surface area contributed by atoms with Gasteiger partial charge in [-0.2, -0.15) is 0 Å². The number of hydrogen-bond acceptors (Lipinski definition) is 2. The fourth-order valence-corrected chi connectivity index (χ4v) is 2.05. The molecule has 2 N–H and O–H groups in total. The Kier molecular flexibility index (Phi) is 5.31. The van der Waals surface area contributed by atoms with Gasteiger partial charge in [-0.3, -0.25) is 9.59 Å². The molecule has 2 aromatic rings. The number of aryl methyl sites for hydroxylation is 2. The Labute approximate surface area is 130 Å². The second-order valence-corrected chi connectivity index (χ2v) is 5.26. The molecule has 0 bridgehead atoms. The van der Waals surface area contributed by atoms with Gasteiger partial charge in [-0.1, -0.05) is 48.0 Å². The molecular formula is C18H20N2O2. The van der Waals surface area contributed by atoms with Crippen LogP contribution in [0.2, 0.25) is 0 Å². The first-order chi connectivity index (χ1) is 10.6. The number of carbonyl (C=O) groups is 2. The molecule has 0 aliphatic heterocycles. The highest BCUT2D eigenvalue weighted by atomic mass is 16.2. The van der Waals surface area contributed by atoms with E-state index in [0.717, 1.165) is 11.1 Å². The van der Waals surface area contributed by atoms with E-state index in [9.17, 15) is 9.59 Å². The molecule has 0 saturated heterocycles. The first kappa shape index (κ1) is 15.8. The van der Waals surface area contributed by atoms with Crippen LogP contribution in [0.3, 0.4) is 0 Å². The topological polar surface area (TPSA) is 58.2 Å². The number of benzene rings is 2. The second kappa shape index (κ2) is 7.41. The normalized spacial score (nSPS) is 10.1. The van der Waals surface area contributed by atoms with E-state index < -0.39 is 0 Å². The summed E-state index contributed by atoms with van der Waals surface area (Å²) in [5.74, 6) is -0.439. The summed E-state index contributed by atoms with van der Waals surface area (Å²) in [5.41, 5.74) is 3.69. The molecule has 0 spiro atoms. The third-order valence-electron chi connectivity index (χ3n) is 3.41. The molecular weight excluding hydrogens is 276 g/mol. The van der Waals surface area contributed by atoms with Crippen LogP contribution >= 0.6 is 0 Å². The highest BCUT2D eigenvalue weighted by molar-refractivity contribution is 5.97. The van der Waals surface area contributed by atoms with Gasteiger partial charge in [0.2, 0.25) is 5.91 Å². The van der Waals surface area contributed by atoms with Crippen molar-refractivity contribution < 1.29 is 9.59 Å². The van der Waals surface area contributed by atoms with Gasteiger partial charge in [-0.05, 0) is 31.0 Å². The second-order valence-electron chi connectivity index (χ2n) is 5.26. The Bertz CT molecular complexity index is 663. The predicted molar refractivity (Wildman–Crippen MR) is 86.5 cm³/mol. The van der Waals surface area contributed by atoms with E-state index in [0.29, 0.717) is 12.1 Å². The molecule has 114 valence electrons. The Hall–Kier alpha value is -2.62. The van der Waals surface area contributed by atoms with Crippen LogP contribution in [0.1, 0.15) is 27.0 Å². The highest BCUT2D eigenvalue weighted by Gasteiger charge is 2.09. The van der Waals surface area contributed by atoms with Gasteiger partial charge in [0.1, 0.15) is 0 Å². The Morgan fingerprint density at radius 2 is 1.59 bits per heavy atom. The summed E-state index contributed by atoms with van der Waals surface area (Å²) in [7, 11) is 0. The summed E-state index contributed by atoms with van der Waals surface area (Å²) < 4.78 is 0. The Morgan fingerprint density at radius 3 is 2.27 bits per heavy atom. The van der Waals surface area contributed by atoms with Crippen molar-refractivity contribution in [3.8, 4) is 0 Å². The molecule has 0 saturated carbocycles. The van der Waals surface area contributed by atoms with E-state index in [1.165, 1.54) is 5.56 Å². The van der Waals surface area contributed by atoms with E-state index in [-0.39, 0.29) is 18.4 Å². The zero-order valence-electron chi connectivity index (χ0n) is 12.8. The molecule has 0 radical (unpaired) electrons. The van der Waals surface area contributed by atoms with Crippen LogP contribution in [0, 0.1) is 13.8 Å². The van der Waals surface area contributed by atoms with Gasteiger partial charge in [0.15, 0.2) is 0 Å². The lowest BCUT2D eigenvalue weighted by Gasteiger charge is -2.08. The molecule has 0 atom stereocenters. The molecule has 0 fully saturated rings. The lowest BCUT2D eigenvalue weighted by atomic mass is 10.1. The molecule has 4 nitrogen and oxygen atoms in total. The van der Waals surface area contributed by atoms with Crippen molar-refractivity contribution >= 4 is 11.8 Å². The molecule has 2 amide bonds. The average Bonchev–Trinajstić information content (AvgIpc) is 2.52. The van der Waals surface area contributed by atoms with Crippen LogP contribution in [-0.4, -0.2) is 18.4 Å². The molecule has 0 aliphatic rings. The lowest BCUT2D eigenvalue weighted by molar-refractivity contribution is -0.120. The molecule has 0 heterocycles. The van der Waals surface area contributed by atoms with Crippen molar-refractivity contribution in [2.24, 2.45) is 0 Å². The van der Waals surface area contributed by atoms with E-state index >= 15 is 0 Å². The summed E-state index contributed by atoms with van der Waals surface area (Å²) in [4.78, 5) is 23.8. The fourth-order valence-electron chi connectivity index (χ4n) is 2.05. The van der Waals surface area contributed by atoms with Gasteiger partial charge in [0.05, 0.1) is 6.54 Å². The summed E-state index contributed by atoms with van der Waals surface area (Å²) in [6.45, 7) is 4.31. The van der Waals surface area contributed by atoms with Crippen molar-refractivity contribution in [3.05, 3.63) is 70.8 Å². The third kappa shape index (κ3) is 4.45. The first-order valence-corrected chi connectivity index (χ1v) is 7.22. The van der Waals surface area contributed by atoms with Crippen molar-refractivity contribution in [1.29, 1.82) is 0 Å². The van der Waals surface area contributed by atoms with Gasteiger partial charge in [-0.25, -0.2) is 0 Å². The van der Waals surface area contributed by atoms with Crippen molar-refractivity contribution in [3.63, 3.8) is 0 Å². The smallest absolute Gasteiger partial charge is 0.251 e. The maximum absolute atomic E-state index is 12.0. The van der Waals surface area contributed by atoms with Crippen LogP contribution in [0.5, 0.6) is 0 Å². The van der Waals surface area contributed by atoms with Gasteiger partial charge in [0.25, 0.3) is 5.91 Å². The molecule has 0 aromatic heterocycles. The van der Waals surface area contributed by atoms with E-state index in [1.54, 1.807) is 12.1 Å². The molecule has 2 rings (SSSR count). The number of hydrogen-bond donors (Lipinski definition) is 2. The molecule has 4 heteroatoms. The van der Waals surface area contributed by atoms with Crippen molar-refractivity contribution in [1.82, 2.24) is 10.6 Å². The average molecular weight is 296 g/mol. The number of nitrogens with one attached hydrogen (secondary N) is 2. The standard InChI is InChI=1S/C18H20N2O2/c1-13-7-9-15(10-8-13)11-19-17(21)12-20-18(22)16-6-4-3-5-14(16)2/h3-10H,11-12H2,1-2H3,(H,19,21)(H,20,22). The number of carbonyl (C=O) groups excluding carboxylic acids is 2. The minimum atomic E-state index is -0.233. The molecule has 2 aromatic carbocycles.